The summed E-state index contributed by atoms with van der Waals surface area (Å²) in [5.74, 6) is -0.107. The summed E-state index contributed by atoms with van der Waals surface area (Å²) in [7, 11) is 0. The van der Waals surface area contributed by atoms with Crippen LogP contribution in [0, 0.1) is 13.8 Å². The zero-order valence-electron chi connectivity index (χ0n) is 12.8. The summed E-state index contributed by atoms with van der Waals surface area (Å²) in [5, 5.41) is 7.36. The van der Waals surface area contributed by atoms with Gasteiger partial charge in [0, 0.05) is 12.2 Å². The first kappa shape index (κ1) is 15.8. The van der Waals surface area contributed by atoms with Crippen molar-refractivity contribution >= 4 is 28.8 Å². The highest BCUT2D eigenvalue weighted by atomic mass is 35.5. The first-order valence-electron chi connectivity index (χ1n) is 7.19. The molecule has 0 saturated carbocycles. The van der Waals surface area contributed by atoms with Crippen LogP contribution in [0.4, 0.5) is 0 Å². The topological polar surface area (TPSA) is 46.9 Å². The number of aromatic nitrogens is 2. The number of amides is 1. The molecule has 2 aromatic heterocycles. The van der Waals surface area contributed by atoms with Gasteiger partial charge in [0.1, 0.15) is 0 Å². The molecule has 1 amide bonds. The fourth-order valence-electron chi connectivity index (χ4n) is 2.35. The van der Waals surface area contributed by atoms with Crippen molar-refractivity contribution in [2.75, 3.05) is 0 Å². The van der Waals surface area contributed by atoms with Crippen molar-refractivity contribution in [1.29, 1.82) is 0 Å². The third-order valence-electron chi connectivity index (χ3n) is 3.44. The fraction of sp³-hybridized carbons (Fsp3) is 0.176. The number of rotatable bonds is 4. The highest BCUT2D eigenvalue weighted by Crippen LogP contribution is 2.21. The zero-order chi connectivity index (χ0) is 16.4. The molecular formula is C17H16ClN3OS. The van der Waals surface area contributed by atoms with Crippen molar-refractivity contribution < 1.29 is 4.79 Å². The number of carbonyl (C=O) groups excluding carboxylic acids is 1. The monoisotopic (exact) mass is 345 g/mol. The largest absolute Gasteiger partial charge is 0.347 e. The van der Waals surface area contributed by atoms with Crippen LogP contribution in [0.3, 0.4) is 0 Å². The maximum atomic E-state index is 12.0. The Labute approximate surface area is 143 Å². The molecule has 0 unspecified atom stereocenters. The molecule has 0 spiro atoms. The lowest BCUT2D eigenvalue weighted by atomic mass is 10.2. The quantitative estimate of drug-likeness (QED) is 0.772. The summed E-state index contributed by atoms with van der Waals surface area (Å²) < 4.78 is 2.52. The Balaban J connectivity index is 1.66. The molecule has 0 radical (unpaired) electrons. The van der Waals surface area contributed by atoms with Crippen molar-refractivity contribution in [2.24, 2.45) is 0 Å². The fourth-order valence-corrected chi connectivity index (χ4v) is 3.31. The Hall–Kier alpha value is -2.11. The molecule has 2 heterocycles. The number of thiophene rings is 1. The minimum Gasteiger partial charge on any atom is -0.347 e. The van der Waals surface area contributed by atoms with Gasteiger partial charge in [0.2, 0.25) is 0 Å². The van der Waals surface area contributed by atoms with Crippen molar-refractivity contribution in [3.63, 3.8) is 0 Å². The van der Waals surface area contributed by atoms with Crippen molar-refractivity contribution in [3.8, 4) is 5.69 Å². The second-order valence-electron chi connectivity index (χ2n) is 5.29. The third kappa shape index (κ3) is 3.63. The highest BCUT2D eigenvalue weighted by Gasteiger charge is 2.08. The Morgan fingerprint density at radius 1 is 1.22 bits per heavy atom. The van der Waals surface area contributed by atoms with Gasteiger partial charge in [-0.05, 0) is 49.7 Å². The van der Waals surface area contributed by atoms with Crippen molar-refractivity contribution in [2.45, 2.75) is 20.4 Å². The van der Waals surface area contributed by atoms with Crippen LogP contribution < -0.4 is 5.32 Å². The average Bonchev–Trinajstić information content (AvgIpc) is 3.11. The van der Waals surface area contributed by atoms with E-state index < -0.39 is 0 Å². The molecule has 0 bridgehead atoms. The lowest BCUT2D eigenvalue weighted by Crippen LogP contribution is -2.21. The molecular weight excluding hydrogens is 330 g/mol. The van der Waals surface area contributed by atoms with Crippen LogP contribution in [-0.2, 0) is 6.54 Å². The van der Waals surface area contributed by atoms with E-state index in [0.717, 1.165) is 22.6 Å². The maximum Gasteiger partial charge on any atom is 0.261 e. The van der Waals surface area contributed by atoms with Gasteiger partial charge in [-0.3, -0.25) is 4.79 Å². The molecule has 0 atom stereocenters. The van der Waals surface area contributed by atoms with Crippen molar-refractivity contribution in [1.82, 2.24) is 15.1 Å². The molecule has 0 aliphatic rings. The van der Waals surface area contributed by atoms with Crippen molar-refractivity contribution in [3.05, 3.63) is 68.6 Å². The van der Waals surface area contributed by atoms with E-state index in [1.807, 2.05) is 48.9 Å². The van der Waals surface area contributed by atoms with Crippen LogP contribution in [0.1, 0.15) is 26.6 Å². The molecule has 6 heteroatoms. The van der Waals surface area contributed by atoms with Crippen LogP contribution in [0.15, 0.2) is 42.5 Å². The SMILES string of the molecule is Cc1cc(C)n(-c2ccc(CNC(=O)c3ccc(Cl)s3)cc2)n1. The van der Waals surface area contributed by atoms with Gasteiger partial charge in [0.15, 0.2) is 0 Å². The highest BCUT2D eigenvalue weighted by molar-refractivity contribution is 7.17. The molecule has 23 heavy (non-hydrogen) atoms. The molecule has 0 aliphatic heterocycles. The third-order valence-corrected chi connectivity index (χ3v) is 4.67. The average molecular weight is 346 g/mol. The van der Waals surface area contributed by atoms with Crippen LogP contribution in [0.2, 0.25) is 4.34 Å². The standard InChI is InChI=1S/C17H16ClN3OS/c1-11-9-12(2)21(20-11)14-5-3-13(4-6-14)10-19-17(22)15-7-8-16(18)23-15/h3-9H,10H2,1-2H3,(H,19,22). The van der Waals surface area contributed by atoms with E-state index >= 15 is 0 Å². The van der Waals surface area contributed by atoms with Crippen LogP contribution in [0.5, 0.6) is 0 Å². The molecule has 1 aromatic carbocycles. The van der Waals surface area contributed by atoms with Gasteiger partial charge in [-0.1, -0.05) is 23.7 Å². The predicted molar refractivity (Wildman–Crippen MR) is 93.5 cm³/mol. The molecule has 0 fully saturated rings. The van der Waals surface area contributed by atoms with Gasteiger partial charge in [-0.15, -0.1) is 11.3 Å². The number of halogens is 1. The predicted octanol–water partition coefficient (Wildman–Crippen LogP) is 4.13. The summed E-state index contributed by atoms with van der Waals surface area (Å²) >= 11 is 7.12. The summed E-state index contributed by atoms with van der Waals surface area (Å²) in [6.45, 7) is 4.48. The molecule has 3 rings (SSSR count). The van der Waals surface area contributed by atoms with E-state index in [4.69, 9.17) is 11.6 Å². The summed E-state index contributed by atoms with van der Waals surface area (Å²) in [6, 6.07) is 13.5. The second kappa shape index (κ2) is 6.56. The van der Waals surface area contributed by atoms with Gasteiger partial charge < -0.3 is 5.32 Å². The van der Waals surface area contributed by atoms with Crippen LogP contribution >= 0.6 is 22.9 Å². The smallest absolute Gasteiger partial charge is 0.261 e. The Bertz CT molecular complexity index is 836. The summed E-state index contributed by atoms with van der Waals surface area (Å²) in [5.41, 5.74) is 4.13. The molecule has 0 aliphatic carbocycles. The van der Waals surface area contributed by atoms with Gasteiger partial charge in [0.05, 0.1) is 20.6 Å². The lowest BCUT2D eigenvalue weighted by Gasteiger charge is -2.07. The summed E-state index contributed by atoms with van der Waals surface area (Å²) in [4.78, 5) is 12.6. The first-order valence-corrected chi connectivity index (χ1v) is 8.38. The van der Waals surface area contributed by atoms with Gasteiger partial charge in [0.25, 0.3) is 5.91 Å². The molecule has 4 nitrogen and oxygen atoms in total. The Kier molecular flexibility index (Phi) is 4.50. The number of nitrogens with one attached hydrogen (secondary N) is 1. The number of hydrogen-bond donors (Lipinski definition) is 1. The van der Waals surface area contributed by atoms with E-state index in [1.54, 1.807) is 12.1 Å². The van der Waals surface area contributed by atoms with Crippen LogP contribution in [-0.4, -0.2) is 15.7 Å². The van der Waals surface area contributed by atoms with Gasteiger partial charge >= 0.3 is 0 Å². The molecule has 118 valence electrons. The zero-order valence-corrected chi connectivity index (χ0v) is 14.4. The van der Waals surface area contributed by atoms with Gasteiger partial charge in [-0.2, -0.15) is 5.10 Å². The molecule has 1 N–H and O–H groups in total. The number of carbonyl (C=O) groups is 1. The van der Waals surface area contributed by atoms with Crippen LogP contribution in [0.25, 0.3) is 5.69 Å². The second-order valence-corrected chi connectivity index (χ2v) is 7.01. The van der Waals surface area contributed by atoms with E-state index in [2.05, 4.69) is 10.4 Å². The van der Waals surface area contributed by atoms with Gasteiger partial charge in [-0.25, -0.2) is 4.68 Å². The van der Waals surface area contributed by atoms with E-state index in [-0.39, 0.29) is 5.91 Å². The minimum absolute atomic E-state index is 0.107. The lowest BCUT2D eigenvalue weighted by molar-refractivity contribution is 0.0955. The number of nitrogens with zero attached hydrogens (tertiary/aromatic N) is 2. The normalized spacial score (nSPS) is 10.7. The maximum absolute atomic E-state index is 12.0. The van der Waals surface area contributed by atoms with E-state index in [0.29, 0.717) is 15.8 Å². The first-order chi connectivity index (χ1) is 11.0. The molecule has 3 aromatic rings. The number of hydrogen-bond acceptors (Lipinski definition) is 3. The number of benzene rings is 1. The Morgan fingerprint density at radius 2 is 1.96 bits per heavy atom. The minimum atomic E-state index is -0.107. The summed E-state index contributed by atoms with van der Waals surface area (Å²) in [6.07, 6.45) is 0. The van der Waals surface area contributed by atoms with E-state index in [9.17, 15) is 4.79 Å². The molecule has 0 saturated heterocycles. The van der Waals surface area contributed by atoms with E-state index in [1.165, 1.54) is 11.3 Å². The number of aryl methyl sites for hydroxylation is 2. The Morgan fingerprint density at radius 3 is 2.52 bits per heavy atom.